The minimum Gasteiger partial charge on any atom is -0.370 e. The topological polar surface area (TPSA) is 90.4 Å². The zero-order valence-corrected chi connectivity index (χ0v) is 10.1. The minimum absolute atomic E-state index is 0.175. The summed E-state index contributed by atoms with van der Waals surface area (Å²) in [5, 5.41) is 3.67. The van der Waals surface area contributed by atoms with Crippen LogP contribution in [0.1, 0.15) is 38.5 Å². The van der Waals surface area contributed by atoms with E-state index in [4.69, 9.17) is 11.3 Å². The van der Waals surface area contributed by atoms with E-state index in [9.17, 15) is 0 Å². The van der Waals surface area contributed by atoms with Crippen molar-refractivity contribution in [1.82, 2.24) is 4.90 Å². The summed E-state index contributed by atoms with van der Waals surface area (Å²) in [6.07, 6.45) is 7.54. The van der Waals surface area contributed by atoms with Crippen LogP contribution in [0.15, 0.2) is 10.1 Å². The van der Waals surface area contributed by atoms with E-state index in [1.807, 2.05) is 0 Å². The molecule has 0 aromatic heterocycles. The Morgan fingerprint density at radius 3 is 2.71 bits per heavy atom. The van der Waals surface area contributed by atoms with Crippen LogP contribution >= 0.6 is 0 Å². The fourth-order valence-corrected chi connectivity index (χ4v) is 2.85. The molecule has 0 amide bonds. The van der Waals surface area contributed by atoms with Crippen LogP contribution in [0.25, 0.3) is 10.4 Å². The van der Waals surface area contributed by atoms with Gasteiger partial charge < -0.3 is 10.6 Å². The van der Waals surface area contributed by atoms with Gasteiger partial charge in [0.2, 0.25) is 0 Å². The largest absolute Gasteiger partial charge is 0.370 e. The van der Waals surface area contributed by atoms with Crippen LogP contribution in [-0.2, 0) is 0 Å². The van der Waals surface area contributed by atoms with Crippen molar-refractivity contribution in [3.8, 4) is 0 Å². The maximum absolute atomic E-state index is 8.41. The Kier molecular flexibility index (Phi) is 4.09. The van der Waals surface area contributed by atoms with Gasteiger partial charge in [0.1, 0.15) is 0 Å². The van der Waals surface area contributed by atoms with Crippen molar-refractivity contribution in [2.24, 2.45) is 15.8 Å². The van der Waals surface area contributed by atoms with Crippen LogP contribution < -0.4 is 5.73 Å². The Labute approximate surface area is 102 Å². The molecular weight excluding hydrogens is 216 g/mol. The number of guanidine groups is 1. The van der Waals surface area contributed by atoms with E-state index in [1.54, 1.807) is 0 Å². The molecule has 1 atom stereocenters. The van der Waals surface area contributed by atoms with Gasteiger partial charge in [0.15, 0.2) is 5.96 Å². The maximum Gasteiger partial charge on any atom is 0.191 e. The smallest absolute Gasteiger partial charge is 0.191 e. The molecule has 1 unspecified atom stereocenters. The first-order chi connectivity index (χ1) is 8.33. The first-order valence-corrected chi connectivity index (χ1v) is 6.42. The van der Waals surface area contributed by atoms with E-state index in [0.717, 1.165) is 0 Å². The summed E-state index contributed by atoms with van der Waals surface area (Å²) in [6, 6.07) is 0.664. The van der Waals surface area contributed by atoms with Crippen LogP contribution in [0.4, 0.5) is 0 Å². The molecule has 17 heavy (non-hydrogen) atoms. The van der Waals surface area contributed by atoms with E-state index in [-0.39, 0.29) is 6.04 Å². The highest BCUT2D eigenvalue weighted by molar-refractivity contribution is 5.80. The molecule has 0 spiro atoms. The molecule has 2 rings (SSSR count). The lowest BCUT2D eigenvalue weighted by atomic mass is 10.1. The molecule has 1 fully saturated rings. The van der Waals surface area contributed by atoms with Crippen LogP contribution in [-0.4, -0.2) is 36.0 Å². The lowest BCUT2D eigenvalue weighted by Crippen LogP contribution is -2.48. The van der Waals surface area contributed by atoms with Gasteiger partial charge in [0, 0.05) is 17.5 Å². The first kappa shape index (κ1) is 12.0. The van der Waals surface area contributed by atoms with Crippen molar-refractivity contribution in [3.05, 3.63) is 10.4 Å². The van der Waals surface area contributed by atoms with Gasteiger partial charge in [0.25, 0.3) is 0 Å². The molecular formula is C11H20N6. The highest BCUT2D eigenvalue weighted by Crippen LogP contribution is 2.25. The molecule has 94 valence electrons. The van der Waals surface area contributed by atoms with Gasteiger partial charge in [-0.2, -0.15) is 0 Å². The Bertz CT molecular complexity index is 325. The van der Waals surface area contributed by atoms with Gasteiger partial charge in [-0.05, 0) is 18.4 Å². The third-order valence-corrected chi connectivity index (χ3v) is 3.70. The van der Waals surface area contributed by atoms with Crippen LogP contribution in [0.2, 0.25) is 0 Å². The fraction of sp³-hybridized carbons (Fsp3) is 0.909. The maximum atomic E-state index is 8.41. The average molecular weight is 236 g/mol. The summed E-state index contributed by atoms with van der Waals surface area (Å²) < 4.78 is 0. The quantitative estimate of drug-likeness (QED) is 0.351. The molecule has 0 radical (unpaired) electrons. The molecule has 1 saturated carbocycles. The number of aliphatic imine (C=N–C) groups is 1. The van der Waals surface area contributed by atoms with E-state index in [1.165, 1.54) is 38.5 Å². The molecule has 2 aliphatic rings. The molecule has 6 nitrogen and oxygen atoms in total. The SMILES string of the molecule is [N-]=[N+]=NCC1CN=C(N)N1C1CCCCCC1. The summed E-state index contributed by atoms with van der Waals surface area (Å²) >= 11 is 0. The van der Waals surface area contributed by atoms with Crippen molar-refractivity contribution in [2.45, 2.75) is 50.6 Å². The monoisotopic (exact) mass is 236 g/mol. The van der Waals surface area contributed by atoms with Crippen LogP contribution in [0, 0.1) is 0 Å². The first-order valence-electron chi connectivity index (χ1n) is 6.42. The van der Waals surface area contributed by atoms with Crippen molar-refractivity contribution >= 4 is 5.96 Å². The summed E-state index contributed by atoms with van der Waals surface area (Å²) in [6.45, 7) is 1.14. The zero-order chi connectivity index (χ0) is 12.1. The Balaban J connectivity index is 2.03. The number of nitrogens with zero attached hydrogens (tertiary/aromatic N) is 5. The van der Waals surface area contributed by atoms with Gasteiger partial charge >= 0.3 is 0 Å². The highest BCUT2D eigenvalue weighted by atomic mass is 15.4. The van der Waals surface area contributed by atoms with Gasteiger partial charge in [0.05, 0.1) is 12.6 Å². The van der Waals surface area contributed by atoms with Gasteiger partial charge in [-0.15, -0.1) is 0 Å². The Hall–Kier alpha value is -1.42. The second-order valence-corrected chi connectivity index (χ2v) is 4.82. The molecule has 0 saturated heterocycles. The molecule has 1 aliphatic heterocycles. The zero-order valence-electron chi connectivity index (χ0n) is 10.1. The second kappa shape index (κ2) is 5.77. The molecule has 0 aromatic carbocycles. The van der Waals surface area contributed by atoms with Crippen molar-refractivity contribution in [3.63, 3.8) is 0 Å². The van der Waals surface area contributed by atoms with E-state index < -0.39 is 0 Å². The third kappa shape index (κ3) is 2.82. The van der Waals surface area contributed by atoms with Crippen LogP contribution in [0.5, 0.6) is 0 Å². The number of hydrogen-bond donors (Lipinski definition) is 1. The second-order valence-electron chi connectivity index (χ2n) is 4.82. The number of azide groups is 1. The lowest BCUT2D eigenvalue weighted by molar-refractivity contribution is 0.239. The summed E-state index contributed by atoms with van der Waals surface area (Å²) in [5.74, 6) is 0.634. The predicted molar refractivity (Wildman–Crippen MR) is 67.6 cm³/mol. The minimum atomic E-state index is 0.175. The predicted octanol–water partition coefficient (Wildman–Crippen LogP) is 2.02. The highest BCUT2D eigenvalue weighted by Gasteiger charge is 2.31. The molecule has 2 N–H and O–H groups in total. The molecule has 0 aromatic rings. The normalized spacial score (nSPS) is 26.2. The Morgan fingerprint density at radius 2 is 2.06 bits per heavy atom. The van der Waals surface area contributed by atoms with Gasteiger partial charge in [-0.3, -0.25) is 4.99 Å². The molecule has 6 heteroatoms. The molecule has 1 heterocycles. The summed E-state index contributed by atoms with van der Waals surface area (Å²) in [4.78, 5) is 9.32. The van der Waals surface area contributed by atoms with Gasteiger partial charge in [-0.1, -0.05) is 30.8 Å². The summed E-state index contributed by atoms with van der Waals surface area (Å²) in [5.41, 5.74) is 14.4. The molecule has 1 aliphatic carbocycles. The van der Waals surface area contributed by atoms with Crippen molar-refractivity contribution in [2.75, 3.05) is 13.1 Å². The van der Waals surface area contributed by atoms with Crippen molar-refractivity contribution < 1.29 is 0 Å². The number of hydrogen-bond acceptors (Lipinski definition) is 4. The van der Waals surface area contributed by atoms with E-state index in [0.29, 0.717) is 25.1 Å². The Morgan fingerprint density at radius 1 is 1.35 bits per heavy atom. The van der Waals surface area contributed by atoms with E-state index >= 15 is 0 Å². The third-order valence-electron chi connectivity index (χ3n) is 3.70. The standard InChI is InChI=1S/C11H20N6/c12-11-14-7-10(8-15-16-13)17(11)9-5-3-1-2-4-6-9/h9-10H,1-8H2,(H2,12,14). The fourth-order valence-electron chi connectivity index (χ4n) is 2.85. The average Bonchev–Trinajstić information content (AvgIpc) is 2.57. The number of nitrogens with two attached hydrogens (primary N) is 1. The lowest BCUT2D eigenvalue weighted by Gasteiger charge is -2.33. The number of rotatable bonds is 3. The van der Waals surface area contributed by atoms with Gasteiger partial charge in [-0.25, -0.2) is 0 Å². The van der Waals surface area contributed by atoms with E-state index in [2.05, 4.69) is 19.9 Å². The van der Waals surface area contributed by atoms with Crippen LogP contribution in [0.3, 0.4) is 0 Å². The van der Waals surface area contributed by atoms with Crippen molar-refractivity contribution in [1.29, 1.82) is 0 Å². The summed E-state index contributed by atoms with van der Waals surface area (Å²) in [7, 11) is 0. The molecule has 0 bridgehead atoms.